The first-order valence-corrected chi connectivity index (χ1v) is 6.29. The predicted molar refractivity (Wildman–Crippen MR) is 58.4 cm³/mol. The van der Waals surface area contributed by atoms with E-state index < -0.39 is 10.0 Å². The highest BCUT2D eigenvalue weighted by molar-refractivity contribution is 9.10. The van der Waals surface area contributed by atoms with Gasteiger partial charge in [-0.15, -0.1) is 0 Å². The van der Waals surface area contributed by atoms with Crippen LogP contribution in [-0.4, -0.2) is 21.5 Å². The van der Waals surface area contributed by atoms with Gasteiger partial charge in [0.2, 0.25) is 10.0 Å². The summed E-state index contributed by atoms with van der Waals surface area (Å²) < 4.78 is 26.2. The SMILES string of the molecule is NCCNS(=O)(=O)c1cccc(Br)c1. The lowest BCUT2D eigenvalue weighted by Gasteiger charge is -2.05. The van der Waals surface area contributed by atoms with Gasteiger partial charge in [0.05, 0.1) is 4.90 Å². The lowest BCUT2D eigenvalue weighted by Crippen LogP contribution is -2.29. The average molecular weight is 279 g/mol. The first kappa shape index (κ1) is 11.6. The Balaban J connectivity index is 2.93. The van der Waals surface area contributed by atoms with Crippen molar-refractivity contribution in [2.24, 2.45) is 5.73 Å². The van der Waals surface area contributed by atoms with Crippen molar-refractivity contribution in [1.29, 1.82) is 0 Å². The third-order valence-corrected chi connectivity index (χ3v) is 3.49. The monoisotopic (exact) mass is 278 g/mol. The minimum Gasteiger partial charge on any atom is -0.329 e. The van der Waals surface area contributed by atoms with Crippen LogP contribution in [0.25, 0.3) is 0 Å². The lowest BCUT2D eigenvalue weighted by molar-refractivity contribution is 0.582. The molecule has 0 amide bonds. The quantitative estimate of drug-likeness (QED) is 0.851. The van der Waals surface area contributed by atoms with Crippen molar-refractivity contribution >= 4 is 26.0 Å². The molecule has 0 unspecified atom stereocenters. The largest absolute Gasteiger partial charge is 0.329 e. The third-order valence-electron chi connectivity index (χ3n) is 1.54. The van der Waals surface area contributed by atoms with Gasteiger partial charge >= 0.3 is 0 Å². The van der Waals surface area contributed by atoms with E-state index in [4.69, 9.17) is 5.73 Å². The van der Waals surface area contributed by atoms with E-state index in [-0.39, 0.29) is 18.0 Å². The van der Waals surface area contributed by atoms with Gasteiger partial charge in [-0.2, -0.15) is 0 Å². The van der Waals surface area contributed by atoms with Gasteiger partial charge in [-0.05, 0) is 18.2 Å². The summed E-state index contributed by atoms with van der Waals surface area (Å²) in [5.74, 6) is 0. The Morgan fingerprint density at radius 2 is 2.14 bits per heavy atom. The topological polar surface area (TPSA) is 72.2 Å². The summed E-state index contributed by atoms with van der Waals surface area (Å²) in [5, 5.41) is 0. The van der Waals surface area contributed by atoms with Crippen LogP contribution in [0.3, 0.4) is 0 Å². The molecular formula is C8H11BrN2O2S. The Morgan fingerprint density at radius 1 is 1.43 bits per heavy atom. The number of hydrogen-bond donors (Lipinski definition) is 2. The van der Waals surface area contributed by atoms with E-state index in [9.17, 15) is 8.42 Å². The molecule has 0 aliphatic heterocycles. The van der Waals surface area contributed by atoms with Gasteiger partial charge in [-0.3, -0.25) is 0 Å². The van der Waals surface area contributed by atoms with Crippen molar-refractivity contribution < 1.29 is 8.42 Å². The van der Waals surface area contributed by atoms with E-state index >= 15 is 0 Å². The van der Waals surface area contributed by atoms with Crippen molar-refractivity contribution in [2.75, 3.05) is 13.1 Å². The summed E-state index contributed by atoms with van der Waals surface area (Å²) in [6.07, 6.45) is 0. The third kappa shape index (κ3) is 3.06. The smallest absolute Gasteiger partial charge is 0.240 e. The van der Waals surface area contributed by atoms with Gasteiger partial charge in [0, 0.05) is 17.6 Å². The molecule has 78 valence electrons. The van der Waals surface area contributed by atoms with Crippen LogP contribution in [0.4, 0.5) is 0 Å². The molecule has 0 saturated carbocycles. The zero-order valence-electron chi connectivity index (χ0n) is 7.40. The van der Waals surface area contributed by atoms with Crippen molar-refractivity contribution in [3.8, 4) is 0 Å². The van der Waals surface area contributed by atoms with Crippen molar-refractivity contribution in [3.63, 3.8) is 0 Å². The Kier molecular flexibility index (Phi) is 4.06. The average Bonchev–Trinajstić information content (AvgIpc) is 2.15. The number of sulfonamides is 1. The minimum atomic E-state index is -3.40. The second-order valence-corrected chi connectivity index (χ2v) is 5.33. The molecule has 0 bridgehead atoms. The second-order valence-electron chi connectivity index (χ2n) is 2.64. The molecule has 4 nitrogen and oxygen atoms in total. The molecule has 1 aromatic carbocycles. The normalized spacial score (nSPS) is 11.6. The zero-order chi connectivity index (χ0) is 10.6. The van der Waals surface area contributed by atoms with Crippen LogP contribution in [-0.2, 0) is 10.0 Å². The number of hydrogen-bond acceptors (Lipinski definition) is 3. The van der Waals surface area contributed by atoms with Crippen LogP contribution in [0.1, 0.15) is 0 Å². The van der Waals surface area contributed by atoms with E-state index in [0.29, 0.717) is 0 Å². The fourth-order valence-electron chi connectivity index (χ4n) is 0.911. The molecule has 1 aromatic rings. The van der Waals surface area contributed by atoms with Crippen LogP contribution < -0.4 is 10.5 Å². The first-order chi connectivity index (χ1) is 6.56. The molecule has 0 saturated heterocycles. The molecule has 0 aromatic heterocycles. The number of nitrogens with one attached hydrogen (secondary N) is 1. The maximum absolute atomic E-state index is 11.6. The van der Waals surface area contributed by atoms with E-state index in [1.54, 1.807) is 18.2 Å². The highest BCUT2D eigenvalue weighted by Crippen LogP contribution is 2.15. The van der Waals surface area contributed by atoms with Crippen LogP contribution in [0.15, 0.2) is 33.6 Å². The van der Waals surface area contributed by atoms with Gasteiger partial charge in [0.25, 0.3) is 0 Å². The van der Waals surface area contributed by atoms with Crippen molar-refractivity contribution in [3.05, 3.63) is 28.7 Å². The van der Waals surface area contributed by atoms with Gasteiger partial charge < -0.3 is 5.73 Å². The molecule has 3 N–H and O–H groups in total. The molecule has 1 rings (SSSR count). The number of nitrogens with two attached hydrogens (primary N) is 1. The number of rotatable bonds is 4. The Morgan fingerprint density at radius 3 is 2.71 bits per heavy atom. The first-order valence-electron chi connectivity index (χ1n) is 4.01. The van der Waals surface area contributed by atoms with Gasteiger partial charge in [0.15, 0.2) is 0 Å². The van der Waals surface area contributed by atoms with Crippen LogP contribution in [0, 0.1) is 0 Å². The summed E-state index contributed by atoms with van der Waals surface area (Å²) in [6, 6.07) is 6.51. The van der Waals surface area contributed by atoms with Crippen LogP contribution >= 0.6 is 15.9 Å². The highest BCUT2D eigenvalue weighted by atomic mass is 79.9. The molecule has 0 aliphatic rings. The van der Waals surface area contributed by atoms with Crippen LogP contribution in [0.5, 0.6) is 0 Å². The molecule has 0 radical (unpaired) electrons. The van der Waals surface area contributed by atoms with Gasteiger partial charge in [-0.1, -0.05) is 22.0 Å². The molecule has 0 aliphatic carbocycles. The Bertz CT molecular complexity index is 406. The summed E-state index contributed by atoms with van der Waals surface area (Å²) in [4.78, 5) is 0.236. The van der Waals surface area contributed by atoms with E-state index in [2.05, 4.69) is 20.7 Å². The Hall–Kier alpha value is -0.430. The molecule has 0 heterocycles. The number of halogens is 1. The van der Waals surface area contributed by atoms with Gasteiger partial charge in [0.1, 0.15) is 0 Å². The van der Waals surface area contributed by atoms with Crippen molar-refractivity contribution in [1.82, 2.24) is 4.72 Å². The summed E-state index contributed by atoms with van der Waals surface area (Å²) in [6.45, 7) is 0.530. The zero-order valence-corrected chi connectivity index (χ0v) is 9.81. The summed E-state index contributed by atoms with van der Waals surface area (Å²) >= 11 is 3.21. The summed E-state index contributed by atoms with van der Waals surface area (Å²) in [7, 11) is -3.40. The van der Waals surface area contributed by atoms with E-state index in [1.165, 1.54) is 6.07 Å². The fourth-order valence-corrected chi connectivity index (χ4v) is 2.55. The lowest BCUT2D eigenvalue weighted by atomic mass is 10.4. The van der Waals surface area contributed by atoms with E-state index in [0.717, 1.165) is 4.47 Å². The maximum Gasteiger partial charge on any atom is 0.240 e. The molecule has 0 atom stereocenters. The predicted octanol–water partition coefficient (Wildman–Crippen LogP) is 0.686. The molecule has 0 spiro atoms. The maximum atomic E-state index is 11.6. The highest BCUT2D eigenvalue weighted by Gasteiger charge is 2.12. The standard InChI is InChI=1S/C8H11BrN2O2S/c9-7-2-1-3-8(6-7)14(12,13)11-5-4-10/h1-3,6,11H,4-5,10H2. The summed E-state index contributed by atoms with van der Waals surface area (Å²) in [5.41, 5.74) is 5.21. The van der Waals surface area contributed by atoms with Crippen LogP contribution in [0.2, 0.25) is 0 Å². The van der Waals surface area contributed by atoms with E-state index in [1.807, 2.05) is 0 Å². The Labute approximate surface area is 91.7 Å². The minimum absolute atomic E-state index is 0.236. The molecule has 0 fully saturated rings. The molecular weight excluding hydrogens is 268 g/mol. The number of benzene rings is 1. The van der Waals surface area contributed by atoms with Crippen molar-refractivity contribution in [2.45, 2.75) is 4.90 Å². The molecule has 14 heavy (non-hydrogen) atoms. The molecule has 6 heteroatoms. The van der Waals surface area contributed by atoms with Gasteiger partial charge in [-0.25, -0.2) is 13.1 Å². The fraction of sp³-hybridized carbons (Fsp3) is 0.250. The second kappa shape index (κ2) is 4.88.